The molecular formula is C25H29ClFN3O2. The Kier molecular flexibility index (Phi) is 6.82. The highest BCUT2D eigenvalue weighted by atomic mass is 35.5. The van der Waals surface area contributed by atoms with Crippen LogP contribution in [0.15, 0.2) is 36.4 Å². The average molecular weight is 458 g/mol. The maximum Gasteiger partial charge on any atom is 0.251 e. The van der Waals surface area contributed by atoms with Gasteiger partial charge in [0.05, 0.1) is 5.92 Å². The lowest BCUT2D eigenvalue weighted by Crippen LogP contribution is -2.55. The Morgan fingerprint density at radius 1 is 1.19 bits per heavy atom. The third kappa shape index (κ3) is 5.13. The predicted octanol–water partition coefficient (Wildman–Crippen LogP) is 4.00. The third-order valence-corrected chi connectivity index (χ3v) is 6.79. The lowest BCUT2D eigenvalue weighted by Gasteiger charge is -2.36. The molecule has 170 valence electrons. The minimum Gasteiger partial charge on any atom is -0.348 e. The van der Waals surface area contributed by atoms with Gasteiger partial charge in [0, 0.05) is 35.8 Å². The number of benzene rings is 2. The normalized spacial score (nSPS) is 20.6. The highest BCUT2D eigenvalue weighted by Crippen LogP contribution is 2.32. The van der Waals surface area contributed by atoms with Crippen LogP contribution in [-0.4, -0.2) is 41.9 Å². The van der Waals surface area contributed by atoms with E-state index in [2.05, 4.69) is 36.6 Å². The fourth-order valence-corrected chi connectivity index (χ4v) is 4.60. The van der Waals surface area contributed by atoms with Crippen LogP contribution >= 0.6 is 11.6 Å². The smallest absolute Gasteiger partial charge is 0.251 e. The summed E-state index contributed by atoms with van der Waals surface area (Å²) >= 11 is 5.91. The zero-order chi connectivity index (χ0) is 22.8. The van der Waals surface area contributed by atoms with Gasteiger partial charge in [-0.25, -0.2) is 4.39 Å². The number of hydrogen-bond donors (Lipinski definition) is 2. The summed E-state index contributed by atoms with van der Waals surface area (Å²) in [6.07, 6.45) is 2.65. The van der Waals surface area contributed by atoms with E-state index >= 15 is 0 Å². The number of nitrogens with zero attached hydrogens (tertiary/aromatic N) is 1. The van der Waals surface area contributed by atoms with Gasteiger partial charge < -0.3 is 15.5 Å². The van der Waals surface area contributed by atoms with Crippen LogP contribution in [0.4, 0.5) is 4.39 Å². The quantitative estimate of drug-likeness (QED) is 0.689. The lowest BCUT2D eigenvalue weighted by molar-refractivity contribution is -0.138. The molecule has 2 aliphatic rings. The van der Waals surface area contributed by atoms with Gasteiger partial charge >= 0.3 is 0 Å². The van der Waals surface area contributed by atoms with Gasteiger partial charge in [0.15, 0.2) is 0 Å². The van der Waals surface area contributed by atoms with Gasteiger partial charge in [0.2, 0.25) is 5.91 Å². The molecule has 2 amide bonds. The molecule has 0 bridgehead atoms. The maximum absolute atomic E-state index is 13.7. The average Bonchev–Trinajstić information content (AvgIpc) is 3.59. The molecule has 2 unspecified atom stereocenters. The van der Waals surface area contributed by atoms with Gasteiger partial charge in [0.25, 0.3) is 5.91 Å². The Morgan fingerprint density at radius 3 is 2.69 bits per heavy atom. The first-order valence-electron chi connectivity index (χ1n) is 11.2. The van der Waals surface area contributed by atoms with E-state index in [0.717, 1.165) is 30.5 Å². The molecule has 2 fully saturated rings. The van der Waals surface area contributed by atoms with Crippen LogP contribution in [0.3, 0.4) is 0 Å². The molecule has 1 heterocycles. The second kappa shape index (κ2) is 9.59. The number of carbonyl (C=O) groups excluding carboxylic acids is 2. The van der Waals surface area contributed by atoms with Crippen molar-refractivity contribution in [3.05, 3.63) is 69.5 Å². The van der Waals surface area contributed by atoms with E-state index in [0.29, 0.717) is 26.1 Å². The Hall–Kier alpha value is -2.44. The van der Waals surface area contributed by atoms with Crippen LogP contribution in [0.5, 0.6) is 0 Å². The molecule has 4 rings (SSSR count). The first-order chi connectivity index (χ1) is 15.3. The Labute approximate surface area is 193 Å². The summed E-state index contributed by atoms with van der Waals surface area (Å²) in [6, 6.07) is 9.89. The number of aryl methyl sites for hydroxylation is 1. The van der Waals surface area contributed by atoms with Crippen molar-refractivity contribution in [2.24, 2.45) is 5.92 Å². The van der Waals surface area contributed by atoms with Crippen LogP contribution < -0.4 is 10.6 Å². The minimum atomic E-state index is -0.561. The number of rotatable bonds is 6. The van der Waals surface area contributed by atoms with Crippen molar-refractivity contribution in [2.45, 2.75) is 51.7 Å². The molecule has 1 aliphatic heterocycles. The molecule has 7 heteroatoms. The molecule has 2 aromatic carbocycles. The van der Waals surface area contributed by atoms with Crippen molar-refractivity contribution in [2.75, 3.05) is 13.1 Å². The van der Waals surface area contributed by atoms with E-state index in [4.69, 9.17) is 11.6 Å². The molecule has 0 aromatic heterocycles. The standard InChI is InChI=1S/C25H29ClFN3O2/c1-15-4-3-5-17(16(15)2)14-30(21-6-7-21)25(32)22-13-28-9-8-23(22)29-24(31)18-10-19(26)12-20(27)11-18/h3-5,10-12,21-23,28H,6-9,13-14H2,1-2H3,(H,29,31). The second-order valence-corrected chi connectivity index (χ2v) is 9.33. The molecule has 0 spiro atoms. The maximum atomic E-state index is 13.7. The second-order valence-electron chi connectivity index (χ2n) is 8.89. The van der Waals surface area contributed by atoms with Gasteiger partial charge in [-0.05, 0) is 74.5 Å². The van der Waals surface area contributed by atoms with E-state index in [-0.39, 0.29) is 34.5 Å². The Morgan fingerprint density at radius 2 is 1.97 bits per heavy atom. The van der Waals surface area contributed by atoms with Crippen molar-refractivity contribution in [1.82, 2.24) is 15.5 Å². The molecule has 0 radical (unpaired) electrons. The van der Waals surface area contributed by atoms with Gasteiger partial charge in [-0.1, -0.05) is 29.8 Å². The fraction of sp³-hybridized carbons (Fsp3) is 0.440. The van der Waals surface area contributed by atoms with Crippen LogP contribution in [0, 0.1) is 25.6 Å². The Balaban J connectivity index is 1.52. The summed E-state index contributed by atoms with van der Waals surface area (Å²) in [7, 11) is 0. The highest BCUT2D eigenvalue weighted by molar-refractivity contribution is 6.31. The molecular weight excluding hydrogens is 429 g/mol. The highest BCUT2D eigenvalue weighted by Gasteiger charge is 2.40. The van der Waals surface area contributed by atoms with E-state index < -0.39 is 11.7 Å². The van der Waals surface area contributed by atoms with E-state index in [9.17, 15) is 14.0 Å². The zero-order valence-corrected chi connectivity index (χ0v) is 19.2. The largest absolute Gasteiger partial charge is 0.348 e. The van der Waals surface area contributed by atoms with Gasteiger partial charge in [-0.15, -0.1) is 0 Å². The topological polar surface area (TPSA) is 61.4 Å². The minimum absolute atomic E-state index is 0.0585. The van der Waals surface area contributed by atoms with Crippen LogP contribution in [0.2, 0.25) is 5.02 Å². The number of carbonyl (C=O) groups is 2. The molecule has 1 saturated heterocycles. The number of piperidine rings is 1. The number of hydrogen-bond acceptors (Lipinski definition) is 3. The van der Waals surface area contributed by atoms with Crippen LogP contribution in [0.1, 0.15) is 46.3 Å². The number of halogens is 2. The van der Waals surface area contributed by atoms with Gasteiger partial charge in [-0.3, -0.25) is 9.59 Å². The first kappa shape index (κ1) is 22.7. The molecule has 1 saturated carbocycles. The molecule has 1 aliphatic carbocycles. The summed E-state index contributed by atoms with van der Waals surface area (Å²) in [5.74, 6) is -1.29. The summed E-state index contributed by atoms with van der Waals surface area (Å²) in [5.41, 5.74) is 3.74. The van der Waals surface area contributed by atoms with Crippen LogP contribution in [0.25, 0.3) is 0 Å². The van der Waals surface area contributed by atoms with E-state index in [1.807, 2.05) is 11.0 Å². The molecule has 2 N–H and O–H groups in total. The SMILES string of the molecule is Cc1cccc(CN(C(=O)C2CNCCC2NC(=O)c2cc(F)cc(Cl)c2)C2CC2)c1C. The van der Waals surface area contributed by atoms with E-state index in [1.54, 1.807) is 0 Å². The van der Waals surface area contributed by atoms with Gasteiger partial charge in [0.1, 0.15) is 5.82 Å². The zero-order valence-electron chi connectivity index (χ0n) is 18.5. The molecule has 5 nitrogen and oxygen atoms in total. The lowest BCUT2D eigenvalue weighted by atomic mass is 9.91. The predicted molar refractivity (Wildman–Crippen MR) is 123 cm³/mol. The third-order valence-electron chi connectivity index (χ3n) is 6.57. The summed E-state index contributed by atoms with van der Waals surface area (Å²) in [6.45, 7) is 5.96. The summed E-state index contributed by atoms with van der Waals surface area (Å²) in [4.78, 5) is 28.4. The molecule has 32 heavy (non-hydrogen) atoms. The van der Waals surface area contributed by atoms with Crippen molar-refractivity contribution < 1.29 is 14.0 Å². The molecule has 2 atom stereocenters. The van der Waals surface area contributed by atoms with Crippen molar-refractivity contribution in [3.63, 3.8) is 0 Å². The number of nitrogens with one attached hydrogen (secondary N) is 2. The monoisotopic (exact) mass is 457 g/mol. The van der Waals surface area contributed by atoms with E-state index in [1.165, 1.54) is 17.2 Å². The molecule has 2 aromatic rings. The van der Waals surface area contributed by atoms with Gasteiger partial charge in [-0.2, -0.15) is 0 Å². The van der Waals surface area contributed by atoms with Crippen molar-refractivity contribution in [3.8, 4) is 0 Å². The number of amides is 2. The first-order valence-corrected chi connectivity index (χ1v) is 11.5. The summed E-state index contributed by atoms with van der Waals surface area (Å²) in [5, 5.41) is 6.43. The Bertz CT molecular complexity index is 1000. The summed E-state index contributed by atoms with van der Waals surface area (Å²) < 4.78 is 13.7. The fourth-order valence-electron chi connectivity index (χ4n) is 4.38. The van der Waals surface area contributed by atoms with Crippen molar-refractivity contribution in [1.29, 1.82) is 0 Å². The van der Waals surface area contributed by atoms with Crippen LogP contribution in [-0.2, 0) is 11.3 Å². The van der Waals surface area contributed by atoms with Crippen molar-refractivity contribution >= 4 is 23.4 Å².